The van der Waals surface area contributed by atoms with E-state index in [-0.39, 0.29) is 31.1 Å². The van der Waals surface area contributed by atoms with Gasteiger partial charge in [-0.1, -0.05) is 0 Å². The number of aliphatic imine (C=N–C) groups is 2. The summed E-state index contributed by atoms with van der Waals surface area (Å²) < 4.78 is 44.5. The summed E-state index contributed by atoms with van der Waals surface area (Å²) in [6, 6.07) is -1.73. The molecular weight excluding hydrogens is 313 g/mol. The van der Waals surface area contributed by atoms with Gasteiger partial charge in [0.1, 0.15) is 12.1 Å². The van der Waals surface area contributed by atoms with Gasteiger partial charge in [-0.2, -0.15) is 13.2 Å². The van der Waals surface area contributed by atoms with E-state index in [1.54, 1.807) is 0 Å². The number of nitrogens with zero attached hydrogens (tertiary/aromatic N) is 4. The highest BCUT2D eigenvalue weighted by molar-refractivity contribution is 5.99. The average molecular weight is 332 g/mol. The Morgan fingerprint density at radius 2 is 1.83 bits per heavy atom. The first kappa shape index (κ1) is 15.2. The van der Waals surface area contributed by atoms with Crippen LogP contribution in [0.4, 0.5) is 13.2 Å². The first-order chi connectivity index (χ1) is 10.9. The highest BCUT2D eigenvalue weighted by Gasteiger charge is 2.45. The van der Waals surface area contributed by atoms with Crippen molar-refractivity contribution >= 4 is 11.8 Å². The number of guanidine groups is 1. The molecule has 23 heavy (non-hydrogen) atoms. The standard InChI is InChI=1S/C14H19F3N4O2/c15-14(16,17)10-3-4-21-12(22)5-11(19-13(21)18-10)20-6-8-1-2-9(7-20)23-8/h8-10,12,22H,1-7H2. The van der Waals surface area contributed by atoms with Crippen LogP contribution in [0.1, 0.15) is 25.7 Å². The zero-order valence-electron chi connectivity index (χ0n) is 12.5. The van der Waals surface area contributed by atoms with Gasteiger partial charge in [0.15, 0.2) is 6.04 Å². The molecule has 4 atom stereocenters. The first-order valence-electron chi connectivity index (χ1n) is 7.97. The molecule has 0 aromatic heterocycles. The molecular formula is C14H19F3N4O2. The third-order valence-electron chi connectivity index (χ3n) is 4.91. The van der Waals surface area contributed by atoms with E-state index in [4.69, 9.17) is 4.74 Å². The van der Waals surface area contributed by atoms with Crippen LogP contribution in [0.25, 0.3) is 0 Å². The monoisotopic (exact) mass is 332 g/mol. The number of amidine groups is 1. The number of aliphatic hydroxyl groups excluding tert-OH is 1. The molecule has 4 rings (SSSR count). The predicted octanol–water partition coefficient (Wildman–Crippen LogP) is 0.963. The highest BCUT2D eigenvalue weighted by atomic mass is 19.4. The fraction of sp³-hybridized carbons (Fsp3) is 0.857. The summed E-state index contributed by atoms with van der Waals surface area (Å²) in [4.78, 5) is 11.6. The molecule has 0 saturated carbocycles. The Kier molecular flexibility index (Phi) is 3.53. The average Bonchev–Trinajstić information content (AvgIpc) is 2.84. The van der Waals surface area contributed by atoms with E-state index in [9.17, 15) is 18.3 Å². The van der Waals surface area contributed by atoms with Crippen molar-refractivity contribution in [2.45, 2.75) is 56.3 Å². The van der Waals surface area contributed by atoms with Crippen molar-refractivity contribution in [1.29, 1.82) is 0 Å². The Bertz CT molecular complexity index is 539. The number of fused-ring (bicyclic) bond motifs is 3. The van der Waals surface area contributed by atoms with Crippen LogP contribution in [0.2, 0.25) is 0 Å². The Labute approximate surface area is 131 Å². The quantitative estimate of drug-likeness (QED) is 0.718. The predicted molar refractivity (Wildman–Crippen MR) is 76.1 cm³/mol. The summed E-state index contributed by atoms with van der Waals surface area (Å²) in [7, 11) is 0. The summed E-state index contributed by atoms with van der Waals surface area (Å²) in [6.45, 7) is 1.48. The number of ether oxygens (including phenoxy) is 1. The van der Waals surface area contributed by atoms with E-state index in [0.29, 0.717) is 25.3 Å². The normalized spacial score (nSPS) is 37.4. The fourth-order valence-electron chi connectivity index (χ4n) is 3.71. The number of alkyl halides is 3. The second kappa shape index (κ2) is 5.34. The summed E-state index contributed by atoms with van der Waals surface area (Å²) in [5.74, 6) is 0.627. The van der Waals surface area contributed by atoms with Gasteiger partial charge in [0.2, 0.25) is 5.96 Å². The van der Waals surface area contributed by atoms with E-state index in [0.717, 1.165) is 12.8 Å². The molecule has 0 aromatic carbocycles. The Morgan fingerprint density at radius 3 is 2.48 bits per heavy atom. The number of aliphatic hydroxyl groups is 1. The Balaban J connectivity index is 1.59. The van der Waals surface area contributed by atoms with Gasteiger partial charge >= 0.3 is 6.18 Å². The minimum atomic E-state index is -4.37. The largest absolute Gasteiger partial charge is 0.410 e. The lowest BCUT2D eigenvalue weighted by Crippen LogP contribution is -2.55. The lowest BCUT2D eigenvalue weighted by atomic mass is 10.1. The number of likely N-dealkylation sites (tertiary alicyclic amines) is 1. The van der Waals surface area contributed by atoms with E-state index in [1.807, 2.05) is 4.90 Å². The van der Waals surface area contributed by atoms with Crippen molar-refractivity contribution in [3.63, 3.8) is 0 Å². The molecule has 4 heterocycles. The van der Waals surface area contributed by atoms with Gasteiger partial charge in [0.05, 0.1) is 18.6 Å². The fourth-order valence-corrected chi connectivity index (χ4v) is 3.71. The summed E-state index contributed by atoms with van der Waals surface area (Å²) in [5, 5.41) is 10.3. The van der Waals surface area contributed by atoms with E-state index in [2.05, 4.69) is 9.98 Å². The van der Waals surface area contributed by atoms with Gasteiger partial charge in [0, 0.05) is 19.6 Å². The molecule has 0 spiro atoms. The number of morpholine rings is 1. The van der Waals surface area contributed by atoms with Crippen LogP contribution in [0.15, 0.2) is 9.98 Å². The van der Waals surface area contributed by atoms with Crippen molar-refractivity contribution in [3.05, 3.63) is 0 Å². The number of rotatable bonds is 0. The SMILES string of the molecule is OC1CC(N2CC3CCC(C2)O3)=NC2=NC(C(F)(F)F)CCN21. The molecule has 2 fully saturated rings. The first-order valence-corrected chi connectivity index (χ1v) is 7.97. The van der Waals surface area contributed by atoms with Crippen molar-refractivity contribution in [2.24, 2.45) is 9.98 Å². The Hall–Kier alpha value is -1.35. The lowest BCUT2D eigenvalue weighted by molar-refractivity contribution is -0.151. The number of hydrogen-bond acceptors (Lipinski definition) is 6. The lowest BCUT2D eigenvalue weighted by Gasteiger charge is -2.41. The topological polar surface area (TPSA) is 60.7 Å². The summed E-state index contributed by atoms with van der Waals surface area (Å²) in [5.41, 5.74) is 0. The molecule has 128 valence electrons. The van der Waals surface area contributed by atoms with Crippen LogP contribution in [0.3, 0.4) is 0 Å². The molecule has 4 unspecified atom stereocenters. The molecule has 1 N–H and O–H groups in total. The van der Waals surface area contributed by atoms with E-state index < -0.39 is 18.4 Å². The van der Waals surface area contributed by atoms with Gasteiger partial charge in [0.25, 0.3) is 0 Å². The van der Waals surface area contributed by atoms with Crippen LogP contribution in [-0.4, -0.2) is 77.0 Å². The number of halogens is 3. The van der Waals surface area contributed by atoms with Crippen LogP contribution in [-0.2, 0) is 4.74 Å². The zero-order valence-corrected chi connectivity index (χ0v) is 12.5. The van der Waals surface area contributed by atoms with Crippen molar-refractivity contribution in [1.82, 2.24) is 9.80 Å². The molecule has 4 aliphatic heterocycles. The second-order valence-corrected chi connectivity index (χ2v) is 6.54. The second-order valence-electron chi connectivity index (χ2n) is 6.54. The van der Waals surface area contributed by atoms with Crippen LogP contribution in [0, 0.1) is 0 Å². The van der Waals surface area contributed by atoms with Crippen LogP contribution >= 0.6 is 0 Å². The van der Waals surface area contributed by atoms with E-state index >= 15 is 0 Å². The molecule has 6 nitrogen and oxygen atoms in total. The van der Waals surface area contributed by atoms with E-state index in [1.165, 1.54) is 4.90 Å². The van der Waals surface area contributed by atoms with Crippen molar-refractivity contribution in [3.8, 4) is 0 Å². The molecule has 9 heteroatoms. The molecule has 4 aliphatic rings. The molecule has 0 radical (unpaired) electrons. The van der Waals surface area contributed by atoms with Gasteiger partial charge in [-0.25, -0.2) is 9.98 Å². The number of hydrogen-bond donors (Lipinski definition) is 1. The minimum absolute atomic E-state index is 0.00571. The third kappa shape index (κ3) is 2.80. The van der Waals surface area contributed by atoms with Crippen LogP contribution < -0.4 is 0 Å². The molecule has 0 amide bonds. The molecule has 2 saturated heterocycles. The van der Waals surface area contributed by atoms with Gasteiger partial charge in [-0.05, 0) is 19.3 Å². The highest BCUT2D eigenvalue weighted by Crippen LogP contribution is 2.32. The molecule has 2 bridgehead atoms. The van der Waals surface area contributed by atoms with Crippen LogP contribution in [0.5, 0.6) is 0 Å². The van der Waals surface area contributed by atoms with Gasteiger partial charge in [-0.15, -0.1) is 0 Å². The Morgan fingerprint density at radius 1 is 1.13 bits per heavy atom. The summed E-state index contributed by atoms with van der Waals surface area (Å²) in [6.07, 6.45) is -2.75. The maximum absolute atomic E-state index is 12.9. The van der Waals surface area contributed by atoms with Crippen molar-refractivity contribution < 1.29 is 23.0 Å². The molecule has 0 aliphatic carbocycles. The maximum Gasteiger partial charge on any atom is 0.410 e. The van der Waals surface area contributed by atoms with Gasteiger partial charge in [-0.3, -0.25) is 0 Å². The smallest absolute Gasteiger partial charge is 0.373 e. The molecule has 0 aromatic rings. The zero-order chi connectivity index (χ0) is 16.2. The van der Waals surface area contributed by atoms with Crippen molar-refractivity contribution in [2.75, 3.05) is 19.6 Å². The van der Waals surface area contributed by atoms with Gasteiger partial charge < -0.3 is 19.6 Å². The third-order valence-corrected chi connectivity index (χ3v) is 4.91. The summed E-state index contributed by atoms with van der Waals surface area (Å²) >= 11 is 0. The maximum atomic E-state index is 12.9. The minimum Gasteiger partial charge on any atom is -0.373 e.